The van der Waals surface area contributed by atoms with E-state index < -0.39 is 83.4 Å². The number of benzene rings is 2. The number of aliphatic imine (C=N–C) groups is 3. The van der Waals surface area contributed by atoms with E-state index in [0.29, 0.717) is 18.4 Å². The first-order valence-corrected chi connectivity index (χ1v) is 23.7. The number of phenols is 1. The van der Waals surface area contributed by atoms with Crippen LogP contribution in [0.25, 0.3) is 0 Å². The molecule has 0 saturated heterocycles. The standard InChI is InChI=1S/C47H74N16O8/c1-26(2)22-38(44(71)61-36(14-9-21-57-47(53)54)42(69)62-37(39(48)66)23-28-15-17-30(65)18-16-28)63-43(70)35(13-8-20-56-46(51)52)60-40(67)32-24-31(29-10-5-4-6-11-29)33(32)25-58-41(68)34(59-27(3)64)12-7-19-55-45(49)50/h4-6,10-11,15-18,26,31-38,65H,7-9,12-14,19-25H2,1-3H3,(H2,48,66)(H,58,68)(H,59,64)(H,60,67)(H,61,71)(H,62,69)(H,63,70)(H4,49,50,55)(H4,51,52,56)(H4,53,54,57)/t31-,32+,33-,34-,35-,36-,37-,38-/m0/s1. The Kier molecular flexibility index (Phi) is 23.9. The van der Waals surface area contributed by atoms with E-state index >= 15 is 0 Å². The lowest BCUT2D eigenvalue weighted by Crippen LogP contribution is -2.59. The molecule has 1 saturated carbocycles. The lowest BCUT2D eigenvalue weighted by atomic mass is 9.61. The van der Waals surface area contributed by atoms with E-state index in [9.17, 15) is 38.7 Å². The largest absolute Gasteiger partial charge is 0.508 e. The Balaban J connectivity index is 1.87. The summed E-state index contributed by atoms with van der Waals surface area (Å²) in [5.41, 5.74) is 40.2. The fraction of sp³-hybridized carbons (Fsp3) is 0.532. The van der Waals surface area contributed by atoms with Crippen molar-refractivity contribution in [3.63, 3.8) is 0 Å². The maximum absolute atomic E-state index is 14.3. The second kappa shape index (κ2) is 29.4. The van der Waals surface area contributed by atoms with Crippen LogP contribution in [0.15, 0.2) is 69.6 Å². The molecule has 390 valence electrons. The van der Waals surface area contributed by atoms with Gasteiger partial charge in [0.25, 0.3) is 0 Å². The van der Waals surface area contributed by atoms with Crippen molar-refractivity contribution in [3.8, 4) is 5.75 Å². The van der Waals surface area contributed by atoms with Crippen molar-refractivity contribution in [2.75, 3.05) is 26.2 Å². The van der Waals surface area contributed by atoms with Gasteiger partial charge in [0.05, 0.1) is 0 Å². The summed E-state index contributed by atoms with van der Waals surface area (Å²) in [6.07, 6.45) is 1.72. The van der Waals surface area contributed by atoms with Crippen LogP contribution in [0.1, 0.15) is 89.2 Å². The number of phenolic OH excluding ortho intramolecular Hbond substituents is 1. The van der Waals surface area contributed by atoms with Gasteiger partial charge in [-0.2, -0.15) is 0 Å². The lowest BCUT2D eigenvalue weighted by Gasteiger charge is -2.45. The zero-order valence-corrected chi connectivity index (χ0v) is 40.8. The molecule has 1 aliphatic rings. The number of nitrogens with zero attached hydrogens (tertiary/aromatic N) is 3. The molecule has 0 unspecified atom stereocenters. The van der Waals surface area contributed by atoms with Gasteiger partial charge in [-0.05, 0) is 92.4 Å². The molecular formula is C47H74N16O8. The second-order valence-corrected chi connectivity index (χ2v) is 18.0. The van der Waals surface area contributed by atoms with Crippen molar-refractivity contribution in [3.05, 3.63) is 65.7 Å². The lowest BCUT2D eigenvalue weighted by molar-refractivity contribution is -0.137. The Labute approximate surface area is 414 Å². The second-order valence-electron chi connectivity index (χ2n) is 18.0. The molecule has 3 rings (SSSR count). The molecule has 24 heteroatoms. The molecule has 0 radical (unpaired) electrons. The summed E-state index contributed by atoms with van der Waals surface area (Å²) >= 11 is 0. The summed E-state index contributed by atoms with van der Waals surface area (Å²) in [6.45, 7) is 5.53. The third-order valence-corrected chi connectivity index (χ3v) is 11.8. The molecule has 0 aromatic heterocycles. The monoisotopic (exact) mass is 991 g/mol. The minimum absolute atomic E-state index is 0.00553. The number of nitrogens with one attached hydrogen (secondary N) is 6. The fourth-order valence-electron chi connectivity index (χ4n) is 8.17. The Morgan fingerprint density at radius 1 is 0.606 bits per heavy atom. The third-order valence-electron chi connectivity index (χ3n) is 11.8. The highest BCUT2D eigenvalue weighted by Crippen LogP contribution is 2.47. The first-order chi connectivity index (χ1) is 33.6. The molecule has 8 atom stereocenters. The van der Waals surface area contributed by atoms with Gasteiger partial charge in [0.15, 0.2) is 17.9 Å². The van der Waals surface area contributed by atoms with Crippen LogP contribution in [0.3, 0.4) is 0 Å². The number of guanidine groups is 3. The van der Waals surface area contributed by atoms with Crippen molar-refractivity contribution in [1.82, 2.24) is 31.9 Å². The zero-order valence-electron chi connectivity index (χ0n) is 40.8. The third kappa shape index (κ3) is 20.8. The summed E-state index contributed by atoms with van der Waals surface area (Å²) in [5, 5.41) is 26.3. The molecule has 71 heavy (non-hydrogen) atoms. The van der Waals surface area contributed by atoms with Gasteiger partial charge in [-0.25, -0.2) is 0 Å². The van der Waals surface area contributed by atoms with Gasteiger partial charge in [-0.15, -0.1) is 0 Å². The van der Waals surface area contributed by atoms with Crippen LogP contribution in [-0.4, -0.2) is 121 Å². The van der Waals surface area contributed by atoms with Gasteiger partial charge < -0.3 is 77.1 Å². The van der Waals surface area contributed by atoms with Crippen LogP contribution in [0.2, 0.25) is 0 Å². The number of primary amides is 1. The van der Waals surface area contributed by atoms with E-state index in [0.717, 1.165) is 5.56 Å². The molecule has 0 bridgehead atoms. The molecular weight excluding hydrogens is 917 g/mol. The Morgan fingerprint density at radius 2 is 1.07 bits per heavy atom. The van der Waals surface area contributed by atoms with Gasteiger partial charge in [-0.1, -0.05) is 56.3 Å². The van der Waals surface area contributed by atoms with E-state index in [2.05, 4.69) is 46.9 Å². The SMILES string of the molecule is CC(=O)N[C@@H](CCCN=C(N)N)C(=O)NC[C@@H]1[C@H](C(=O)N[C@@H](CCCN=C(N)N)C(=O)N[C@@H](CC(C)C)C(=O)N[C@@H](CCCN=C(N)N)C(=O)N[C@@H](Cc2ccc(O)cc2)C(N)=O)C[C@H]1c1ccccc1. The van der Waals surface area contributed by atoms with Gasteiger partial charge >= 0.3 is 0 Å². The van der Waals surface area contributed by atoms with Crippen LogP contribution in [0, 0.1) is 17.8 Å². The van der Waals surface area contributed by atoms with Crippen molar-refractivity contribution in [2.45, 2.75) is 115 Å². The number of hydrogen-bond donors (Lipinski definition) is 14. The topological polar surface area (TPSA) is 431 Å². The summed E-state index contributed by atoms with van der Waals surface area (Å²) in [7, 11) is 0. The van der Waals surface area contributed by atoms with Gasteiger partial charge in [0, 0.05) is 45.4 Å². The van der Waals surface area contributed by atoms with Crippen LogP contribution in [-0.2, 0) is 40.0 Å². The van der Waals surface area contributed by atoms with Gasteiger partial charge in [0.1, 0.15) is 36.0 Å². The van der Waals surface area contributed by atoms with Gasteiger partial charge in [0.2, 0.25) is 41.4 Å². The van der Waals surface area contributed by atoms with Crippen LogP contribution in [0.4, 0.5) is 0 Å². The Hall–Kier alpha value is -7.66. The molecule has 0 spiro atoms. The number of amides is 7. The molecule has 1 aliphatic carbocycles. The zero-order chi connectivity index (χ0) is 52.6. The van der Waals surface area contributed by atoms with Gasteiger partial charge in [-0.3, -0.25) is 48.5 Å². The number of nitrogens with two attached hydrogens (primary N) is 7. The van der Waals surface area contributed by atoms with E-state index in [1.165, 1.54) is 19.1 Å². The highest BCUT2D eigenvalue weighted by Gasteiger charge is 2.46. The predicted octanol–water partition coefficient (Wildman–Crippen LogP) is -2.39. The van der Waals surface area contributed by atoms with Crippen LogP contribution >= 0.6 is 0 Å². The summed E-state index contributed by atoms with van der Waals surface area (Å²) in [5.74, 6) is -6.12. The number of aromatic hydroxyl groups is 1. The average molecular weight is 991 g/mol. The smallest absolute Gasteiger partial charge is 0.243 e. The highest BCUT2D eigenvalue weighted by atomic mass is 16.3. The first-order valence-electron chi connectivity index (χ1n) is 23.7. The summed E-state index contributed by atoms with van der Waals surface area (Å²) in [4.78, 5) is 107. The average Bonchev–Trinajstić information content (AvgIpc) is 3.28. The number of carbonyl (C=O) groups excluding carboxylic acids is 7. The predicted molar refractivity (Wildman–Crippen MR) is 269 cm³/mol. The van der Waals surface area contributed by atoms with E-state index in [-0.39, 0.29) is 107 Å². The van der Waals surface area contributed by atoms with E-state index in [4.69, 9.17) is 40.1 Å². The van der Waals surface area contributed by atoms with E-state index in [1.54, 1.807) is 12.1 Å². The minimum atomic E-state index is -1.24. The van der Waals surface area contributed by atoms with Crippen LogP contribution < -0.4 is 72.0 Å². The molecule has 24 nitrogen and oxygen atoms in total. The molecule has 2 aromatic carbocycles. The van der Waals surface area contributed by atoms with Crippen molar-refractivity contribution >= 4 is 59.2 Å². The quantitative estimate of drug-likeness (QED) is 0.0221. The number of hydrogen-bond acceptors (Lipinski definition) is 11. The maximum atomic E-state index is 14.3. The normalized spacial score (nSPS) is 17.0. The Morgan fingerprint density at radius 3 is 1.55 bits per heavy atom. The number of carbonyl (C=O) groups is 7. The molecule has 0 heterocycles. The Bertz CT molecular complexity index is 2180. The first kappa shape index (κ1) is 57.7. The fourth-order valence-corrected chi connectivity index (χ4v) is 8.17. The maximum Gasteiger partial charge on any atom is 0.243 e. The molecule has 7 amide bonds. The molecule has 2 aromatic rings. The van der Waals surface area contributed by atoms with Crippen molar-refractivity contribution < 1.29 is 38.7 Å². The number of rotatable bonds is 30. The summed E-state index contributed by atoms with van der Waals surface area (Å²) < 4.78 is 0. The summed E-state index contributed by atoms with van der Waals surface area (Å²) in [6, 6.07) is 9.76. The minimum Gasteiger partial charge on any atom is -0.508 e. The van der Waals surface area contributed by atoms with E-state index in [1.807, 2.05) is 44.2 Å². The van der Waals surface area contributed by atoms with Crippen molar-refractivity contribution in [2.24, 2.45) is 72.9 Å². The molecule has 21 N–H and O–H groups in total. The molecule has 1 fully saturated rings. The van der Waals surface area contributed by atoms with Crippen LogP contribution in [0.5, 0.6) is 5.75 Å². The molecule has 0 aliphatic heterocycles. The van der Waals surface area contributed by atoms with Crippen molar-refractivity contribution in [1.29, 1.82) is 0 Å². The highest BCUT2D eigenvalue weighted by molar-refractivity contribution is 5.96.